The maximum absolute atomic E-state index is 13.3. The largest absolute Gasteiger partial charge is 0.457 e. The van der Waals surface area contributed by atoms with Crippen LogP contribution in [0.3, 0.4) is 0 Å². The van der Waals surface area contributed by atoms with E-state index in [1.165, 1.54) is 12.1 Å². The second-order valence-corrected chi connectivity index (χ2v) is 5.77. The van der Waals surface area contributed by atoms with Gasteiger partial charge in [-0.3, -0.25) is 0 Å². The van der Waals surface area contributed by atoms with Crippen molar-refractivity contribution < 1.29 is 13.9 Å². The Kier molecular flexibility index (Phi) is 2.51. The maximum Gasteiger partial charge on any atom is 0.148 e. The zero-order valence-electron chi connectivity index (χ0n) is 11.7. The first-order chi connectivity index (χ1) is 10.1. The van der Waals surface area contributed by atoms with Crippen LogP contribution in [0.1, 0.15) is 28.9 Å². The predicted octanol–water partition coefficient (Wildman–Crippen LogP) is 4.06. The summed E-state index contributed by atoms with van der Waals surface area (Å²) in [5.41, 5.74) is 2.29. The Balaban J connectivity index is 1.91. The van der Waals surface area contributed by atoms with Gasteiger partial charge in [-0.25, -0.2) is 4.39 Å². The van der Waals surface area contributed by atoms with Crippen molar-refractivity contribution in [3.8, 4) is 0 Å². The highest BCUT2D eigenvalue weighted by Crippen LogP contribution is 2.44. The van der Waals surface area contributed by atoms with Crippen molar-refractivity contribution in [2.75, 3.05) is 0 Å². The summed E-state index contributed by atoms with van der Waals surface area (Å²) >= 11 is 0. The Bertz CT molecular complexity index is 850. The summed E-state index contributed by atoms with van der Waals surface area (Å²) in [7, 11) is 0. The zero-order valence-corrected chi connectivity index (χ0v) is 11.7. The number of aryl methyl sites for hydroxylation is 2. The standard InChI is InChI=1S/C18H15FO2/c1-11-3-2-4-13-10-16(21-17(11)13)18(20)8-7-12-9-14(19)5-6-15(12)18/h2-6,9-10,20H,7-8H2,1H3. The molecule has 0 bridgehead atoms. The summed E-state index contributed by atoms with van der Waals surface area (Å²) < 4.78 is 19.3. The molecule has 3 heteroatoms. The van der Waals surface area contributed by atoms with E-state index in [2.05, 4.69) is 0 Å². The van der Waals surface area contributed by atoms with Crippen LogP contribution >= 0.6 is 0 Å². The normalized spacial score (nSPS) is 20.9. The topological polar surface area (TPSA) is 33.4 Å². The van der Waals surface area contributed by atoms with Gasteiger partial charge in [0.05, 0.1) is 0 Å². The van der Waals surface area contributed by atoms with Crippen molar-refractivity contribution in [1.29, 1.82) is 0 Å². The minimum atomic E-state index is -1.16. The minimum Gasteiger partial charge on any atom is -0.457 e. The molecule has 3 aromatic rings. The van der Waals surface area contributed by atoms with Gasteiger partial charge in [0, 0.05) is 5.39 Å². The Labute approximate surface area is 121 Å². The second kappa shape index (κ2) is 4.18. The molecule has 0 fully saturated rings. The van der Waals surface area contributed by atoms with Gasteiger partial charge in [0.1, 0.15) is 22.8 Å². The summed E-state index contributed by atoms with van der Waals surface area (Å²) in [6.07, 6.45) is 1.17. The maximum atomic E-state index is 13.3. The number of halogens is 1. The van der Waals surface area contributed by atoms with E-state index in [9.17, 15) is 9.50 Å². The lowest BCUT2D eigenvalue weighted by molar-refractivity contribution is 0.0604. The summed E-state index contributed by atoms with van der Waals surface area (Å²) in [5.74, 6) is 0.274. The van der Waals surface area contributed by atoms with Crippen molar-refractivity contribution in [1.82, 2.24) is 0 Å². The molecule has 4 rings (SSSR count). The van der Waals surface area contributed by atoms with E-state index in [1.807, 2.05) is 31.2 Å². The van der Waals surface area contributed by atoms with Crippen LogP contribution in [0.15, 0.2) is 46.9 Å². The van der Waals surface area contributed by atoms with Crippen molar-refractivity contribution in [2.24, 2.45) is 0 Å². The second-order valence-electron chi connectivity index (χ2n) is 5.77. The van der Waals surface area contributed by atoms with Gasteiger partial charge < -0.3 is 9.52 Å². The molecule has 1 aromatic heterocycles. The van der Waals surface area contributed by atoms with E-state index in [-0.39, 0.29) is 5.82 Å². The van der Waals surface area contributed by atoms with Gasteiger partial charge >= 0.3 is 0 Å². The van der Waals surface area contributed by atoms with E-state index < -0.39 is 5.60 Å². The average molecular weight is 282 g/mol. The zero-order chi connectivity index (χ0) is 14.6. The Morgan fingerprint density at radius 1 is 1.19 bits per heavy atom. The Morgan fingerprint density at radius 3 is 2.86 bits per heavy atom. The first-order valence-corrected chi connectivity index (χ1v) is 7.09. The number of rotatable bonds is 1. The number of furan rings is 1. The summed E-state index contributed by atoms with van der Waals surface area (Å²) in [4.78, 5) is 0. The monoisotopic (exact) mass is 282 g/mol. The minimum absolute atomic E-state index is 0.265. The van der Waals surface area contributed by atoms with Crippen LogP contribution < -0.4 is 0 Å². The molecule has 0 amide bonds. The van der Waals surface area contributed by atoms with Crippen LogP contribution in [0, 0.1) is 12.7 Å². The predicted molar refractivity (Wildman–Crippen MR) is 78.7 cm³/mol. The van der Waals surface area contributed by atoms with E-state index >= 15 is 0 Å². The van der Waals surface area contributed by atoms with E-state index in [1.54, 1.807) is 6.07 Å². The molecule has 0 spiro atoms. The summed E-state index contributed by atoms with van der Waals surface area (Å²) in [5, 5.41) is 12.1. The first kappa shape index (κ1) is 12.6. The molecule has 0 radical (unpaired) electrons. The number of benzene rings is 2. The fourth-order valence-electron chi connectivity index (χ4n) is 3.29. The summed E-state index contributed by atoms with van der Waals surface area (Å²) in [6.45, 7) is 1.98. The molecule has 2 aromatic carbocycles. The molecule has 2 nitrogen and oxygen atoms in total. The third-order valence-electron chi connectivity index (χ3n) is 4.42. The van der Waals surface area contributed by atoms with Crippen LogP contribution in [-0.2, 0) is 12.0 Å². The highest BCUT2D eigenvalue weighted by molar-refractivity contribution is 5.81. The van der Waals surface area contributed by atoms with Crippen molar-refractivity contribution >= 4 is 11.0 Å². The third kappa shape index (κ3) is 1.74. The summed E-state index contributed by atoms with van der Waals surface area (Å²) in [6, 6.07) is 12.4. The molecule has 0 saturated heterocycles. The third-order valence-corrected chi connectivity index (χ3v) is 4.42. The molecule has 1 aliphatic carbocycles. The molecule has 1 heterocycles. The van der Waals surface area contributed by atoms with Crippen LogP contribution in [0.25, 0.3) is 11.0 Å². The highest BCUT2D eigenvalue weighted by atomic mass is 19.1. The number of aliphatic hydroxyl groups is 1. The van der Waals surface area contributed by atoms with Crippen LogP contribution in [0.4, 0.5) is 4.39 Å². The van der Waals surface area contributed by atoms with Crippen LogP contribution in [-0.4, -0.2) is 5.11 Å². The fourth-order valence-corrected chi connectivity index (χ4v) is 3.29. The molecule has 1 aliphatic rings. The Hall–Kier alpha value is -2.13. The number of fused-ring (bicyclic) bond motifs is 2. The van der Waals surface area contributed by atoms with E-state index in [0.29, 0.717) is 18.6 Å². The van der Waals surface area contributed by atoms with Crippen molar-refractivity contribution in [2.45, 2.75) is 25.4 Å². The molecular weight excluding hydrogens is 267 g/mol. The molecule has 1 unspecified atom stereocenters. The van der Waals surface area contributed by atoms with Gasteiger partial charge in [-0.1, -0.05) is 24.3 Å². The van der Waals surface area contributed by atoms with Gasteiger partial charge in [-0.15, -0.1) is 0 Å². The quantitative estimate of drug-likeness (QED) is 0.730. The molecule has 21 heavy (non-hydrogen) atoms. The fraction of sp³-hybridized carbons (Fsp3) is 0.222. The number of hydrogen-bond donors (Lipinski definition) is 1. The smallest absolute Gasteiger partial charge is 0.148 e. The average Bonchev–Trinajstić information content (AvgIpc) is 3.03. The SMILES string of the molecule is Cc1cccc2cc(C3(O)CCc4cc(F)ccc43)oc12. The van der Waals surface area contributed by atoms with Crippen molar-refractivity contribution in [3.63, 3.8) is 0 Å². The van der Waals surface area contributed by atoms with Crippen molar-refractivity contribution in [3.05, 3.63) is 70.7 Å². The molecular formula is C18H15FO2. The lowest BCUT2D eigenvalue weighted by Gasteiger charge is -2.21. The highest BCUT2D eigenvalue weighted by Gasteiger charge is 2.41. The van der Waals surface area contributed by atoms with Gasteiger partial charge in [-0.2, -0.15) is 0 Å². The van der Waals surface area contributed by atoms with E-state index in [4.69, 9.17) is 4.42 Å². The van der Waals surface area contributed by atoms with Gasteiger partial charge in [0.2, 0.25) is 0 Å². The van der Waals surface area contributed by atoms with Gasteiger partial charge in [0.25, 0.3) is 0 Å². The number of para-hydroxylation sites is 1. The van der Waals surface area contributed by atoms with E-state index in [0.717, 1.165) is 27.7 Å². The molecule has 1 atom stereocenters. The Morgan fingerprint density at radius 2 is 2.05 bits per heavy atom. The first-order valence-electron chi connectivity index (χ1n) is 7.09. The number of hydrogen-bond acceptors (Lipinski definition) is 2. The van der Waals surface area contributed by atoms with Crippen LogP contribution in [0.2, 0.25) is 0 Å². The van der Waals surface area contributed by atoms with Crippen LogP contribution in [0.5, 0.6) is 0 Å². The molecule has 0 saturated carbocycles. The molecule has 106 valence electrons. The lowest BCUT2D eigenvalue weighted by Crippen LogP contribution is -2.23. The lowest BCUT2D eigenvalue weighted by atomic mass is 9.93. The molecule has 0 aliphatic heterocycles. The van der Waals surface area contributed by atoms with Gasteiger partial charge in [-0.05, 0) is 54.7 Å². The van der Waals surface area contributed by atoms with Gasteiger partial charge in [0.15, 0.2) is 0 Å². The molecule has 1 N–H and O–H groups in total.